The van der Waals surface area contributed by atoms with Crippen LogP contribution in [0, 0.1) is 0 Å². The van der Waals surface area contributed by atoms with E-state index in [-0.39, 0.29) is 32.4 Å². The summed E-state index contributed by atoms with van der Waals surface area (Å²) in [5.74, 6) is 0.642. The lowest BCUT2D eigenvalue weighted by atomic mass is 10.2. The molecule has 0 saturated heterocycles. The summed E-state index contributed by atoms with van der Waals surface area (Å²) in [7, 11) is 2.91. The molecule has 10 heteroatoms. The fourth-order valence-electron chi connectivity index (χ4n) is 2.15. The zero-order valence-corrected chi connectivity index (χ0v) is 15.3. The standard InChI is InChI=1S/C15H11Cl3N4O3/c1-24-7-5-8(25-2)11(18)12(10(7)17)21-14-15(23)22-13-6(19-14)3-4-9(16)20-13/h3-5H,1-2H3,(H,19,21)(H,20,22,23). The number of pyridine rings is 1. The number of hydrogen-bond acceptors (Lipinski definition) is 6. The molecule has 1 aromatic carbocycles. The molecule has 2 N–H and O–H groups in total. The second kappa shape index (κ2) is 6.95. The third-order valence-corrected chi connectivity index (χ3v) is 4.30. The lowest BCUT2D eigenvalue weighted by molar-refractivity contribution is 0.395. The summed E-state index contributed by atoms with van der Waals surface area (Å²) in [6.07, 6.45) is 0. The number of aromatic amines is 1. The lowest BCUT2D eigenvalue weighted by Crippen LogP contribution is -2.15. The van der Waals surface area contributed by atoms with Crippen LogP contribution in [0.25, 0.3) is 11.2 Å². The molecule has 3 aromatic rings. The van der Waals surface area contributed by atoms with Crippen molar-refractivity contribution in [2.75, 3.05) is 19.5 Å². The maximum absolute atomic E-state index is 12.3. The van der Waals surface area contributed by atoms with Gasteiger partial charge in [-0.2, -0.15) is 0 Å². The first-order valence-electron chi connectivity index (χ1n) is 6.88. The minimum Gasteiger partial charge on any atom is -0.495 e. The van der Waals surface area contributed by atoms with Crippen LogP contribution in [-0.4, -0.2) is 29.2 Å². The third kappa shape index (κ3) is 3.30. The number of aromatic nitrogens is 3. The Balaban J connectivity index is 2.14. The minimum atomic E-state index is -0.517. The van der Waals surface area contributed by atoms with Crippen LogP contribution in [0.2, 0.25) is 15.2 Å². The molecule has 0 unspecified atom stereocenters. The summed E-state index contributed by atoms with van der Waals surface area (Å²) in [6.45, 7) is 0. The van der Waals surface area contributed by atoms with Crippen LogP contribution in [0.3, 0.4) is 0 Å². The van der Waals surface area contributed by atoms with E-state index >= 15 is 0 Å². The van der Waals surface area contributed by atoms with Crippen molar-refractivity contribution in [3.05, 3.63) is 43.8 Å². The van der Waals surface area contributed by atoms with Crippen molar-refractivity contribution in [3.8, 4) is 11.5 Å². The summed E-state index contributed by atoms with van der Waals surface area (Å²) in [5.41, 5.74) is 0.423. The van der Waals surface area contributed by atoms with Crippen molar-refractivity contribution in [2.45, 2.75) is 0 Å². The molecule has 0 atom stereocenters. The molecule has 25 heavy (non-hydrogen) atoms. The molecule has 2 aromatic heterocycles. The lowest BCUT2D eigenvalue weighted by Gasteiger charge is -2.15. The summed E-state index contributed by atoms with van der Waals surface area (Å²) >= 11 is 18.4. The van der Waals surface area contributed by atoms with Gasteiger partial charge in [0.05, 0.1) is 19.9 Å². The highest BCUT2D eigenvalue weighted by molar-refractivity contribution is 6.41. The van der Waals surface area contributed by atoms with Crippen LogP contribution in [0.5, 0.6) is 11.5 Å². The van der Waals surface area contributed by atoms with Crippen LogP contribution < -0.4 is 20.3 Å². The van der Waals surface area contributed by atoms with E-state index in [1.165, 1.54) is 14.2 Å². The number of methoxy groups -OCH3 is 2. The molecule has 0 radical (unpaired) electrons. The van der Waals surface area contributed by atoms with Gasteiger partial charge in [0.15, 0.2) is 11.5 Å². The summed E-state index contributed by atoms with van der Waals surface area (Å²) in [6, 6.07) is 4.73. The van der Waals surface area contributed by atoms with E-state index in [1.807, 2.05) is 0 Å². The van der Waals surface area contributed by atoms with Gasteiger partial charge in [-0.15, -0.1) is 0 Å². The molecular weight excluding hydrogens is 391 g/mol. The Morgan fingerprint density at radius 2 is 1.68 bits per heavy atom. The molecule has 0 saturated carbocycles. The Labute approximate surface area is 156 Å². The van der Waals surface area contributed by atoms with Gasteiger partial charge in [-0.1, -0.05) is 34.8 Å². The molecule has 3 rings (SSSR count). The topological polar surface area (TPSA) is 89.1 Å². The van der Waals surface area contributed by atoms with E-state index in [4.69, 9.17) is 44.3 Å². The molecule has 2 heterocycles. The fraction of sp³-hybridized carbons (Fsp3) is 0.133. The monoisotopic (exact) mass is 400 g/mol. The molecule has 0 amide bonds. The van der Waals surface area contributed by atoms with Crippen LogP contribution >= 0.6 is 34.8 Å². The molecule has 0 aliphatic carbocycles. The predicted molar refractivity (Wildman–Crippen MR) is 98.0 cm³/mol. The summed E-state index contributed by atoms with van der Waals surface area (Å²) in [5, 5.41) is 3.44. The Bertz CT molecular complexity index is 995. The van der Waals surface area contributed by atoms with E-state index in [0.29, 0.717) is 17.0 Å². The number of nitrogens with one attached hydrogen (secondary N) is 2. The highest BCUT2D eigenvalue weighted by Crippen LogP contribution is 2.44. The molecule has 0 fully saturated rings. The highest BCUT2D eigenvalue weighted by Gasteiger charge is 2.19. The predicted octanol–water partition coefficient (Wildman–Crippen LogP) is 4.04. The first kappa shape index (κ1) is 17.6. The first-order chi connectivity index (χ1) is 11.9. The zero-order valence-electron chi connectivity index (χ0n) is 13.0. The smallest absolute Gasteiger partial charge is 0.292 e. The van der Waals surface area contributed by atoms with Crippen LogP contribution in [0.1, 0.15) is 0 Å². The molecular formula is C15H11Cl3N4O3. The number of benzene rings is 1. The van der Waals surface area contributed by atoms with Gasteiger partial charge >= 0.3 is 0 Å². The Kier molecular flexibility index (Phi) is 4.89. The van der Waals surface area contributed by atoms with Gasteiger partial charge in [0.2, 0.25) is 0 Å². The van der Waals surface area contributed by atoms with Crippen molar-refractivity contribution in [1.82, 2.24) is 15.0 Å². The van der Waals surface area contributed by atoms with E-state index in [1.54, 1.807) is 18.2 Å². The second-order valence-electron chi connectivity index (χ2n) is 4.83. The Morgan fingerprint density at radius 3 is 2.28 bits per heavy atom. The van der Waals surface area contributed by atoms with Crippen molar-refractivity contribution in [3.63, 3.8) is 0 Å². The van der Waals surface area contributed by atoms with E-state index in [9.17, 15) is 4.79 Å². The van der Waals surface area contributed by atoms with Crippen LogP contribution in [0.15, 0.2) is 23.0 Å². The van der Waals surface area contributed by atoms with Gasteiger partial charge < -0.3 is 19.8 Å². The normalized spacial score (nSPS) is 10.8. The van der Waals surface area contributed by atoms with E-state index in [0.717, 1.165) is 0 Å². The van der Waals surface area contributed by atoms with Crippen molar-refractivity contribution in [2.24, 2.45) is 0 Å². The Hall–Kier alpha value is -2.22. The average Bonchev–Trinajstić information content (AvgIpc) is 2.59. The fourth-order valence-corrected chi connectivity index (χ4v) is 2.89. The first-order valence-corrected chi connectivity index (χ1v) is 8.01. The minimum absolute atomic E-state index is 0.0178. The molecule has 0 aliphatic heterocycles. The maximum Gasteiger partial charge on any atom is 0.292 e. The van der Waals surface area contributed by atoms with Gasteiger partial charge in [0.1, 0.15) is 32.2 Å². The summed E-state index contributed by atoms with van der Waals surface area (Å²) < 4.78 is 10.4. The molecule has 0 aliphatic rings. The van der Waals surface area contributed by atoms with Crippen LogP contribution in [-0.2, 0) is 0 Å². The number of anilines is 2. The van der Waals surface area contributed by atoms with Gasteiger partial charge in [0, 0.05) is 6.07 Å². The Morgan fingerprint density at radius 1 is 1.04 bits per heavy atom. The van der Waals surface area contributed by atoms with Crippen LogP contribution in [0.4, 0.5) is 11.5 Å². The number of halogens is 3. The zero-order chi connectivity index (χ0) is 18.1. The summed E-state index contributed by atoms with van der Waals surface area (Å²) in [4.78, 5) is 23.1. The molecule has 130 valence electrons. The van der Waals surface area contributed by atoms with Gasteiger partial charge in [0.25, 0.3) is 5.56 Å². The number of ether oxygens (including phenoxy) is 2. The molecule has 0 bridgehead atoms. The number of rotatable bonds is 4. The number of fused-ring (bicyclic) bond motifs is 1. The van der Waals surface area contributed by atoms with E-state index < -0.39 is 5.56 Å². The van der Waals surface area contributed by atoms with Crippen molar-refractivity contribution < 1.29 is 9.47 Å². The quantitative estimate of drug-likeness (QED) is 0.641. The number of H-pyrrole nitrogens is 1. The molecule has 0 spiro atoms. The molecule has 7 nitrogen and oxygen atoms in total. The van der Waals surface area contributed by atoms with Gasteiger partial charge in [-0.3, -0.25) is 4.79 Å². The van der Waals surface area contributed by atoms with E-state index in [2.05, 4.69) is 20.3 Å². The largest absolute Gasteiger partial charge is 0.495 e. The third-order valence-electron chi connectivity index (χ3n) is 3.34. The van der Waals surface area contributed by atoms with Crippen molar-refractivity contribution in [1.29, 1.82) is 0 Å². The highest BCUT2D eigenvalue weighted by atomic mass is 35.5. The van der Waals surface area contributed by atoms with Gasteiger partial charge in [-0.05, 0) is 12.1 Å². The SMILES string of the molecule is COc1cc(OC)c(Cl)c(Nc2nc3ccc(Cl)nc3[nH]c2=O)c1Cl. The average molecular weight is 402 g/mol. The second-order valence-corrected chi connectivity index (χ2v) is 5.97. The van der Waals surface area contributed by atoms with Gasteiger partial charge in [-0.25, -0.2) is 9.97 Å². The number of nitrogens with zero attached hydrogens (tertiary/aromatic N) is 2. The number of hydrogen-bond donors (Lipinski definition) is 2. The maximum atomic E-state index is 12.3. The van der Waals surface area contributed by atoms with Crippen molar-refractivity contribution >= 4 is 57.5 Å².